The van der Waals surface area contributed by atoms with Gasteiger partial charge in [-0.2, -0.15) is 13.2 Å². The lowest BCUT2D eigenvalue weighted by molar-refractivity contribution is -0.140. The topological polar surface area (TPSA) is 60.7 Å². The van der Waals surface area contributed by atoms with Crippen molar-refractivity contribution in [1.82, 2.24) is 0 Å². The van der Waals surface area contributed by atoms with Gasteiger partial charge in [-0.1, -0.05) is 18.2 Å². The summed E-state index contributed by atoms with van der Waals surface area (Å²) < 4.78 is 37.6. The second-order valence-corrected chi connectivity index (χ2v) is 3.28. The van der Waals surface area contributed by atoms with Crippen molar-refractivity contribution in [3.8, 4) is 0 Å². The largest absolute Gasteiger partial charge is 0.416 e. The summed E-state index contributed by atoms with van der Waals surface area (Å²) in [6.07, 6.45) is -8.00. The van der Waals surface area contributed by atoms with E-state index in [-0.39, 0.29) is 0 Å². The van der Waals surface area contributed by atoms with Gasteiger partial charge in [0.05, 0.1) is 12.2 Å². The van der Waals surface area contributed by atoms with Crippen LogP contribution in [0.3, 0.4) is 0 Å². The quantitative estimate of drug-likeness (QED) is 0.736. The summed E-state index contributed by atoms with van der Waals surface area (Å²) in [5.41, 5.74) is -1.47. The number of benzene rings is 1. The van der Waals surface area contributed by atoms with Crippen molar-refractivity contribution in [1.29, 1.82) is 0 Å². The highest BCUT2D eigenvalue weighted by Crippen LogP contribution is 2.35. The smallest absolute Gasteiger partial charge is 0.394 e. The summed E-state index contributed by atoms with van der Waals surface area (Å²) >= 11 is 0. The van der Waals surface area contributed by atoms with Crippen molar-refractivity contribution >= 4 is 0 Å². The Balaban J connectivity index is 3.13. The van der Waals surface area contributed by atoms with E-state index in [4.69, 9.17) is 10.2 Å². The van der Waals surface area contributed by atoms with Crippen LogP contribution in [0.25, 0.3) is 0 Å². The van der Waals surface area contributed by atoms with Crippen molar-refractivity contribution in [3.05, 3.63) is 35.4 Å². The van der Waals surface area contributed by atoms with Crippen molar-refractivity contribution in [2.75, 3.05) is 6.61 Å². The first-order chi connectivity index (χ1) is 7.38. The van der Waals surface area contributed by atoms with E-state index in [2.05, 4.69) is 0 Å². The molecule has 90 valence electrons. The molecular weight excluding hydrogens is 225 g/mol. The Kier molecular flexibility index (Phi) is 3.90. The summed E-state index contributed by atoms with van der Waals surface area (Å²) in [5, 5.41) is 27.1. The van der Waals surface area contributed by atoms with Gasteiger partial charge in [0.1, 0.15) is 12.2 Å². The van der Waals surface area contributed by atoms with Gasteiger partial charge in [-0.15, -0.1) is 0 Å². The number of aliphatic hydroxyl groups excluding tert-OH is 3. The lowest BCUT2D eigenvalue weighted by atomic mass is 9.98. The molecule has 6 heteroatoms. The molecule has 0 spiro atoms. The fourth-order valence-corrected chi connectivity index (χ4v) is 1.32. The van der Waals surface area contributed by atoms with E-state index in [9.17, 15) is 18.3 Å². The molecule has 16 heavy (non-hydrogen) atoms. The van der Waals surface area contributed by atoms with Gasteiger partial charge in [0.15, 0.2) is 0 Å². The highest BCUT2D eigenvalue weighted by Gasteiger charge is 2.35. The second-order valence-electron chi connectivity index (χ2n) is 3.28. The molecule has 1 aromatic rings. The van der Waals surface area contributed by atoms with Gasteiger partial charge in [-0.05, 0) is 11.6 Å². The number of rotatable bonds is 3. The first kappa shape index (κ1) is 13.0. The van der Waals surface area contributed by atoms with Crippen molar-refractivity contribution in [2.45, 2.75) is 18.4 Å². The molecular formula is C10H11F3O3. The Labute approximate surface area is 89.8 Å². The zero-order chi connectivity index (χ0) is 12.3. The van der Waals surface area contributed by atoms with E-state index < -0.39 is 36.1 Å². The van der Waals surface area contributed by atoms with Crippen molar-refractivity contribution < 1.29 is 28.5 Å². The zero-order valence-corrected chi connectivity index (χ0v) is 8.15. The third-order valence-corrected chi connectivity index (χ3v) is 2.14. The molecule has 0 fully saturated rings. The molecule has 0 heterocycles. The average molecular weight is 236 g/mol. The molecule has 0 amide bonds. The molecule has 0 saturated carbocycles. The van der Waals surface area contributed by atoms with Gasteiger partial charge in [0.25, 0.3) is 0 Å². The van der Waals surface area contributed by atoms with E-state index in [1.807, 2.05) is 0 Å². The van der Waals surface area contributed by atoms with Crippen LogP contribution in [0.4, 0.5) is 13.2 Å². The van der Waals surface area contributed by atoms with Gasteiger partial charge >= 0.3 is 6.18 Å². The number of hydrogen-bond acceptors (Lipinski definition) is 3. The fourth-order valence-electron chi connectivity index (χ4n) is 1.32. The van der Waals surface area contributed by atoms with Crippen LogP contribution in [0.1, 0.15) is 17.2 Å². The van der Waals surface area contributed by atoms with E-state index in [1.165, 1.54) is 12.1 Å². The maximum Gasteiger partial charge on any atom is 0.416 e. The summed E-state index contributed by atoms with van der Waals surface area (Å²) in [4.78, 5) is 0. The molecule has 0 radical (unpaired) electrons. The van der Waals surface area contributed by atoms with Gasteiger partial charge < -0.3 is 15.3 Å². The van der Waals surface area contributed by atoms with Crippen LogP contribution >= 0.6 is 0 Å². The lowest BCUT2D eigenvalue weighted by Crippen LogP contribution is -2.24. The van der Waals surface area contributed by atoms with Crippen molar-refractivity contribution in [2.24, 2.45) is 0 Å². The molecule has 0 aliphatic heterocycles. The second kappa shape index (κ2) is 4.82. The maximum atomic E-state index is 12.5. The highest BCUT2D eigenvalue weighted by molar-refractivity contribution is 5.32. The van der Waals surface area contributed by atoms with Crippen LogP contribution in [0, 0.1) is 0 Å². The highest BCUT2D eigenvalue weighted by atomic mass is 19.4. The van der Waals surface area contributed by atoms with E-state index in [1.54, 1.807) is 0 Å². The summed E-state index contributed by atoms with van der Waals surface area (Å²) in [7, 11) is 0. The average Bonchev–Trinajstić information content (AvgIpc) is 2.26. The molecule has 1 aromatic carbocycles. The molecule has 0 saturated heterocycles. The molecule has 0 aromatic heterocycles. The van der Waals surface area contributed by atoms with E-state index in [0.717, 1.165) is 12.1 Å². The Morgan fingerprint density at radius 1 is 1.12 bits per heavy atom. The van der Waals surface area contributed by atoms with Gasteiger partial charge in [-0.3, -0.25) is 0 Å². The predicted molar refractivity (Wildman–Crippen MR) is 49.5 cm³/mol. The minimum Gasteiger partial charge on any atom is -0.394 e. The molecule has 2 atom stereocenters. The maximum absolute atomic E-state index is 12.5. The van der Waals surface area contributed by atoms with Crippen LogP contribution in [0.2, 0.25) is 0 Å². The van der Waals surface area contributed by atoms with Gasteiger partial charge in [-0.25, -0.2) is 0 Å². The molecule has 3 nitrogen and oxygen atoms in total. The standard InChI is InChI=1S/C10H11F3O3/c11-10(12,13)7-4-2-1-3-6(7)9(16)8(15)5-14/h1-4,8-9,14-16H,5H2. The normalized spacial score (nSPS) is 15.9. The van der Waals surface area contributed by atoms with Crippen LogP contribution in [-0.2, 0) is 6.18 Å². The summed E-state index contributed by atoms with van der Waals surface area (Å²) in [5.74, 6) is 0. The number of aliphatic hydroxyl groups is 3. The van der Waals surface area contributed by atoms with Gasteiger partial charge in [0, 0.05) is 0 Å². The molecule has 0 aliphatic rings. The first-order valence-corrected chi connectivity index (χ1v) is 4.51. The number of alkyl halides is 3. The molecule has 0 aliphatic carbocycles. The summed E-state index contributed by atoms with van der Waals surface area (Å²) in [6, 6.07) is 4.37. The molecule has 1 rings (SSSR count). The molecule has 0 bridgehead atoms. The van der Waals surface area contributed by atoms with Crippen LogP contribution < -0.4 is 0 Å². The Morgan fingerprint density at radius 3 is 2.19 bits per heavy atom. The van der Waals surface area contributed by atoms with Crippen molar-refractivity contribution in [3.63, 3.8) is 0 Å². The zero-order valence-electron chi connectivity index (χ0n) is 8.15. The van der Waals surface area contributed by atoms with Crippen LogP contribution in [-0.4, -0.2) is 28.0 Å². The SMILES string of the molecule is OCC(O)C(O)c1ccccc1C(F)(F)F. The van der Waals surface area contributed by atoms with E-state index >= 15 is 0 Å². The fraction of sp³-hybridized carbons (Fsp3) is 0.400. The third kappa shape index (κ3) is 2.72. The number of halogens is 3. The molecule has 2 unspecified atom stereocenters. The monoisotopic (exact) mass is 236 g/mol. The molecule has 3 N–H and O–H groups in total. The summed E-state index contributed by atoms with van der Waals surface area (Å²) in [6.45, 7) is -0.812. The van der Waals surface area contributed by atoms with Gasteiger partial charge in [0.2, 0.25) is 0 Å². The minimum absolute atomic E-state index is 0.448. The van der Waals surface area contributed by atoms with Crippen LogP contribution in [0.15, 0.2) is 24.3 Å². The first-order valence-electron chi connectivity index (χ1n) is 4.51. The van der Waals surface area contributed by atoms with Crippen LogP contribution in [0.5, 0.6) is 0 Å². The number of hydrogen-bond donors (Lipinski definition) is 3. The van der Waals surface area contributed by atoms with E-state index in [0.29, 0.717) is 0 Å². The Morgan fingerprint density at radius 2 is 1.69 bits per heavy atom. The third-order valence-electron chi connectivity index (χ3n) is 2.14. The Bertz CT molecular complexity index is 351. The predicted octanol–water partition coefficient (Wildman–Crippen LogP) is 1.09. The lowest BCUT2D eigenvalue weighted by Gasteiger charge is -2.20. The minimum atomic E-state index is -4.60. The Hall–Kier alpha value is -1.11.